The van der Waals surface area contributed by atoms with Crippen LogP contribution in [0.3, 0.4) is 0 Å². The van der Waals surface area contributed by atoms with Gasteiger partial charge in [0, 0.05) is 17.7 Å². The highest BCUT2D eigenvalue weighted by molar-refractivity contribution is 7.85. The Morgan fingerprint density at radius 2 is 2.20 bits per heavy atom. The number of nitrogens with two attached hydrogens (primary N) is 1. The molecule has 0 saturated heterocycles. The van der Waals surface area contributed by atoms with Crippen molar-refractivity contribution < 1.29 is 8.95 Å². The monoisotopic (exact) mass is 227 g/mol. The minimum Gasteiger partial charge on any atom is -0.399 e. The number of hydrogen-bond acceptors (Lipinski definition) is 3. The third-order valence-corrected chi connectivity index (χ3v) is 3.95. The highest BCUT2D eigenvalue weighted by atomic mass is 32.2. The van der Waals surface area contributed by atoms with Gasteiger partial charge < -0.3 is 10.5 Å². The lowest BCUT2D eigenvalue weighted by atomic mass is 10.2. The van der Waals surface area contributed by atoms with Crippen LogP contribution in [-0.2, 0) is 15.5 Å². The maximum atomic E-state index is 12.0. The van der Waals surface area contributed by atoms with Gasteiger partial charge in [-0.2, -0.15) is 0 Å². The van der Waals surface area contributed by atoms with Crippen molar-refractivity contribution in [2.24, 2.45) is 0 Å². The largest absolute Gasteiger partial charge is 0.399 e. The summed E-state index contributed by atoms with van der Waals surface area (Å²) in [5.41, 5.74) is 7.32. The van der Waals surface area contributed by atoms with E-state index < -0.39 is 10.8 Å². The summed E-state index contributed by atoms with van der Waals surface area (Å²) in [4.78, 5) is 0.805. The molecule has 2 atom stereocenters. The van der Waals surface area contributed by atoms with Crippen molar-refractivity contribution in [2.75, 3.05) is 18.6 Å². The Bertz CT molecular complexity index is 366. The van der Waals surface area contributed by atoms with Crippen LogP contribution in [0.2, 0.25) is 0 Å². The molecule has 15 heavy (non-hydrogen) atoms. The van der Waals surface area contributed by atoms with Gasteiger partial charge >= 0.3 is 0 Å². The first-order valence-corrected chi connectivity index (χ1v) is 6.13. The van der Waals surface area contributed by atoms with Crippen LogP contribution in [0, 0.1) is 6.92 Å². The number of nitrogen functional groups attached to an aromatic ring is 1. The smallest absolute Gasteiger partial charge is 0.0662 e. The summed E-state index contributed by atoms with van der Waals surface area (Å²) < 4.78 is 17.1. The van der Waals surface area contributed by atoms with Crippen molar-refractivity contribution in [3.05, 3.63) is 23.8 Å². The van der Waals surface area contributed by atoms with Crippen LogP contribution < -0.4 is 5.73 Å². The Morgan fingerprint density at radius 3 is 2.80 bits per heavy atom. The average molecular weight is 227 g/mol. The molecule has 2 N–H and O–H groups in total. The van der Waals surface area contributed by atoms with Crippen LogP contribution in [0.4, 0.5) is 5.69 Å². The summed E-state index contributed by atoms with van der Waals surface area (Å²) >= 11 is 0. The van der Waals surface area contributed by atoms with E-state index in [1.165, 1.54) is 0 Å². The van der Waals surface area contributed by atoms with Crippen LogP contribution in [-0.4, -0.2) is 23.2 Å². The fraction of sp³-hybridized carbons (Fsp3) is 0.455. The lowest BCUT2D eigenvalue weighted by Gasteiger charge is -2.11. The van der Waals surface area contributed by atoms with Crippen molar-refractivity contribution >= 4 is 16.5 Å². The van der Waals surface area contributed by atoms with Crippen LogP contribution in [0.5, 0.6) is 0 Å². The Kier molecular flexibility index (Phi) is 4.29. The third kappa shape index (κ3) is 3.32. The second-order valence-corrected chi connectivity index (χ2v) is 5.05. The number of benzene rings is 1. The van der Waals surface area contributed by atoms with E-state index in [4.69, 9.17) is 10.5 Å². The molecule has 0 radical (unpaired) electrons. The van der Waals surface area contributed by atoms with Gasteiger partial charge in [0.05, 0.1) is 22.7 Å². The van der Waals surface area contributed by atoms with E-state index in [9.17, 15) is 4.21 Å². The maximum Gasteiger partial charge on any atom is 0.0662 e. The number of methoxy groups -OCH3 is 1. The lowest BCUT2D eigenvalue weighted by molar-refractivity contribution is 0.137. The third-order valence-electron chi connectivity index (χ3n) is 2.25. The lowest BCUT2D eigenvalue weighted by Crippen LogP contribution is -2.16. The first-order chi connectivity index (χ1) is 7.04. The van der Waals surface area contributed by atoms with E-state index in [1.807, 2.05) is 26.0 Å². The molecule has 0 saturated carbocycles. The van der Waals surface area contributed by atoms with Gasteiger partial charge in [-0.1, -0.05) is 6.07 Å². The quantitative estimate of drug-likeness (QED) is 0.797. The molecular formula is C11H17NO2S. The number of ether oxygens (including phenoxy) is 1. The highest BCUT2D eigenvalue weighted by Crippen LogP contribution is 2.17. The van der Waals surface area contributed by atoms with Crippen molar-refractivity contribution in [3.8, 4) is 0 Å². The van der Waals surface area contributed by atoms with E-state index in [2.05, 4.69) is 0 Å². The topological polar surface area (TPSA) is 52.3 Å². The van der Waals surface area contributed by atoms with Gasteiger partial charge in [-0.15, -0.1) is 0 Å². The van der Waals surface area contributed by atoms with Crippen molar-refractivity contribution in [1.29, 1.82) is 0 Å². The van der Waals surface area contributed by atoms with Gasteiger partial charge in [-0.3, -0.25) is 4.21 Å². The zero-order chi connectivity index (χ0) is 11.4. The van der Waals surface area contributed by atoms with E-state index in [-0.39, 0.29) is 6.10 Å². The fourth-order valence-corrected chi connectivity index (χ4v) is 2.67. The number of aryl methyl sites for hydroxylation is 1. The summed E-state index contributed by atoms with van der Waals surface area (Å²) in [6, 6.07) is 5.48. The van der Waals surface area contributed by atoms with Crippen molar-refractivity contribution in [1.82, 2.24) is 0 Å². The molecule has 0 aliphatic carbocycles. The standard InChI is InChI=1S/C11H17NO2S/c1-8-4-5-10(12)6-11(8)15(13)7-9(2)14-3/h4-6,9H,7,12H2,1-3H3. The van der Waals surface area contributed by atoms with Gasteiger partial charge in [0.2, 0.25) is 0 Å². The van der Waals surface area contributed by atoms with Gasteiger partial charge in [-0.25, -0.2) is 0 Å². The predicted octanol–water partition coefficient (Wildman–Crippen LogP) is 1.72. The molecule has 1 rings (SSSR count). The summed E-state index contributed by atoms with van der Waals surface area (Å²) in [5.74, 6) is 0.501. The zero-order valence-corrected chi connectivity index (χ0v) is 10.1. The molecule has 0 aliphatic heterocycles. The number of hydrogen-bond donors (Lipinski definition) is 1. The first-order valence-electron chi connectivity index (χ1n) is 4.82. The normalized spacial score (nSPS) is 14.9. The first kappa shape index (κ1) is 12.2. The molecule has 1 aromatic rings. The maximum absolute atomic E-state index is 12.0. The Hall–Kier alpha value is -0.870. The summed E-state index contributed by atoms with van der Waals surface area (Å²) in [6.45, 7) is 3.84. The molecule has 3 nitrogen and oxygen atoms in total. The average Bonchev–Trinajstić information content (AvgIpc) is 2.21. The molecule has 0 spiro atoms. The Morgan fingerprint density at radius 1 is 1.53 bits per heavy atom. The molecule has 1 aromatic carbocycles. The molecule has 0 heterocycles. The SMILES string of the molecule is COC(C)CS(=O)c1cc(N)ccc1C. The second-order valence-electron chi connectivity index (χ2n) is 3.58. The molecule has 0 aromatic heterocycles. The van der Waals surface area contributed by atoms with E-state index in [1.54, 1.807) is 13.2 Å². The molecule has 84 valence electrons. The predicted molar refractivity (Wildman–Crippen MR) is 63.3 cm³/mol. The van der Waals surface area contributed by atoms with Gasteiger partial charge in [0.1, 0.15) is 0 Å². The molecule has 0 fully saturated rings. The van der Waals surface area contributed by atoms with Crippen LogP contribution in [0.15, 0.2) is 23.1 Å². The van der Waals surface area contributed by atoms with Crippen molar-refractivity contribution in [2.45, 2.75) is 24.8 Å². The van der Waals surface area contributed by atoms with Gasteiger partial charge in [0.25, 0.3) is 0 Å². The summed E-state index contributed by atoms with van der Waals surface area (Å²) in [7, 11) is 0.579. The molecule has 4 heteroatoms. The van der Waals surface area contributed by atoms with E-state index in [0.717, 1.165) is 10.5 Å². The molecule has 2 unspecified atom stereocenters. The highest BCUT2D eigenvalue weighted by Gasteiger charge is 2.11. The summed E-state index contributed by atoms with van der Waals surface area (Å²) in [5, 5.41) is 0. The van der Waals surface area contributed by atoms with Crippen molar-refractivity contribution in [3.63, 3.8) is 0 Å². The molecular weight excluding hydrogens is 210 g/mol. The van der Waals surface area contributed by atoms with Gasteiger partial charge in [-0.05, 0) is 31.5 Å². The van der Waals surface area contributed by atoms with Gasteiger partial charge in [0.15, 0.2) is 0 Å². The molecule has 0 aliphatic rings. The second kappa shape index (κ2) is 5.28. The number of rotatable bonds is 4. The Labute approximate surface area is 93.1 Å². The van der Waals surface area contributed by atoms with Crippen LogP contribution in [0.25, 0.3) is 0 Å². The van der Waals surface area contributed by atoms with Crippen LogP contribution >= 0.6 is 0 Å². The van der Waals surface area contributed by atoms with E-state index in [0.29, 0.717) is 11.4 Å². The minimum absolute atomic E-state index is 0.00772. The van der Waals surface area contributed by atoms with E-state index >= 15 is 0 Å². The van der Waals surface area contributed by atoms with Crippen LogP contribution in [0.1, 0.15) is 12.5 Å². The fourth-order valence-electron chi connectivity index (χ4n) is 1.23. The zero-order valence-electron chi connectivity index (χ0n) is 9.32. The Balaban J connectivity index is 2.86. The minimum atomic E-state index is -1.04. The molecule has 0 amide bonds. The number of anilines is 1. The molecule has 0 bridgehead atoms. The summed E-state index contributed by atoms with van der Waals surface area (Å²) in [6.07, 6.45) is -0.00772.